The second-order valence-electron chi connectivity index (χ2n) is 4.59. The van der Waals surface area contributed by atoms with E-state index in [1.165, 1.54) is 18.5 Å². The first-order valence-electron chi connectivity index (χ1n) is 6.10. The molecule has 17 heavy (non-hydrogen) atoms. The lowest BCUT2D eigenvalue weighted by atomic mass is 9.95. The number of rotatable bonds is 1. The lowest BCUT2D eigenvalue weighted by Gasteiger charge is -2.22. The predicted octanol–water partition coefficient (Wildman–Crippen LogP) is 3.36. The normalized spacial score (nSPS) is 20.6. The number of benzene rings is 1. The van der Waals surface area contributed by atoms with E-state index < -0.39 is 0 Å². The maximum Gasteiger partial charge on any atom is 0.0720 e. The van der Waals surface area contributed by atoms with Crippen molar-refractivity contribution in [3.63, 3.8) is 0 Å². The number of halogens is 1. The molecule has 0 amide bonds. The molecule has 1 aliphatic heterocycles. The van der Waals surface area contributed by atoms with Crippen LogP contribution in [0.4, 0.5) is 0 Å². The standard InChI is InChI=1S/C14H15ClN2/c15-12-4-1-5-14-11(12)6-7-13(17-14)10-3-2-8-16-9-10/h1,4-7,10,16H,2-3,8-9H2. The monoisotopic (exact) mass is 246 g/mol. The van der Waals surface area contributed by atoms with Crippen LogP contribution in [0.1, 0.15) is 24.5 Å². The zero-order valence-electron chi connectivity index (χ0n) is 9.62. The number of hydrogen-bond acceptors (Lipinski definition) is 2. The Kier molecular flexibility index (Phi) is 3.00. The van der Waals surface area contributed by atoms with Gasteiger partial charge in [-0.15, -0.1) is 0 Å². The topological polar surface area (TPSA) is 24.9 Å². The summed E-state index contributed by atoms with van der Waals surface area (Å²) in [5, 5.41) is 5.25. The van der Waals surface area contributed by atoms with Gasteiger partial charge in [0.05, 0.1) is 5.52 Å². The summed E-state index contributed by atoms with van der Waals surface area (Å²) in [5.74, 6) is 0.548. The average Bonchev–Trinajstić information content (AvgIpc) is 2.40. The van der Waals surface area contributed by atoms with Crippen LogP contribution in [0.15, 0.2) is 30.3 Å². The van der Waals surface area contributed by atoms with E-state index in [0.29, 0.717) is 5.92 Å². The highest BCUT2D eigenvalue weighted by Gasteiger charge is 2.16. The van der Waals surface area contributed by atoms with E-state index >= 15 is 0 Å². The van der Waals surface area contributed by atoms with Crippen LogP contribution in [0.2, 0.25) is 5.02 Å². The molecular weight excluding hydrogens is 232 g/mol. The van der Waals surface area contributed by atoms with Gasteiger partial charge in [-0.2, -0.15) is 0 Å². The molecule has 1 saturated heterocycles. The molecule has 1 aliphatic rings. The largest absolute Gasteiger partial charge is 0.316 e. The first-order valence-corrected chi connectivity index (χ1v) is 6.48. The maximum atomic E-state index is 6.14. The quantitative estimate of drug-likeness (QED) is 0.835. The smallest absolute Gasteiger partial charge is 0.0720 e. The van der Waals surface area contributed by atoms with E-state index in [4.69, 9.17) is 16.6 Å². The third kappa shape index (κ3) is 2.15. The van der Waals surface area contributed by atoms with Crippen LogP contribution in [-0.2, 0) is 0 Å². The molecule has 0 radical (unpaired) electrons. The molecule has 2 nitrogen and oxygen atoms in total. The van der Waals surface area contributed by atoms with Crippen LogP contribution >= 0.6 is 11.6 Å². The Balaban J connectivity index is 2.01. The highest BCUT2D eigenvalue weighted by molar-refractivity contribution is 6.35. The SMILES string of the molecule is Clc1cccc2nc(C3CCCNC3)ccc12. The zero-order chi connectivity index (χ0) is 11.7. The molecule has 0 saturated carbocycles. The van der Waals surface area contributed by atoms with E-state index in [1.54, 1.807) is 0 Å². The molecule has 1 aromatic heterocycles. The molecule has 1 aromatic carbocycles. The van der Waals surface area contributed by atoms with Gasteiger partial charge >= 0.3 is 0 Å². The Hall–Kier alpha value is -1.12. The van der Waals surface area contributed by atoms with Gasteiger partial charge in [0, 0.05) is 28.6 Å². The first kappa shape index (κ1) is 11.0. The first-order chi connectivity index (χ1) is 8.34. The van der Waals surface area contributed by atoms with Gasteiger partial charge in [-0.25, -0.2) is 0 Å². The molecule has 0 bridgehead atoms. The van der Waals surface area contributed by atoms with Gasteiger partial charge in [-0.3, -0.25) is 4.98 Å². The average molecular weight is 247 g/mol. The molecule has 1 atom stereocenters. The van der Waals surface area contributed by atoms with Crippen molar-refractivity contribution in [2.24, 2.45) is 0 Å². The molecule has 0 aliphatic carbocycles. The lowest BCUT2D eigenvalue weighted by molar-refractivity contribution is 0.455. The highest BCUT2D eigenvalue weighted by Crippen LogP contribution is 2.26. The number of aromatic nitrogens is 1. The van der Waals surface area contributed by atoms with E-state index in [-0.39, 0.29) is 0 Å². The maximum absolute atomic E-state index is 6.14. The fourth-order valence-corrected chi connectivity index (χ4v) is 2.70. The van der Waals surface area contributed by atoms with Gasteiger partial charge in [-0.05, 0) is 43.7 Å². The van der Waals surface area contributed by atoms with Crippen molar-refractivity contribution in [3.8, 4) is 0 Å². The van der Waals surface area contributed by atoms with Gasteiger partial charge in [0.2, 0.25) is 0 Å². The van der Waals surface area contributed by atoms with E-state index in [1.807, 2.05) is 18.2 Å². The van der Waals surface area contributed by atoms with Crippen molar-refractivity contribution in [1.82, 2.24) is 10.3 Å². The van der Waals surface area contributed by atoms with Crippen molar-refractivity contribution < 1.29 is 0 Å². The summed E-state index contributed by atoms with van der Waals surface area (Å²) in [7, 11) is 0. The Labute approximate surface area is 106 Å². The van der Waals surface area contributed by atoms with Crippen LogP contribution in [-0.4, -0.2) is 18.1 Å². The zero-order valence-corrected chi connectivity index (χ0v) is 10.4. The minimum absolute atomic E-state index is 0.548. The van der Waals surface area contributed by atoms with E-state index in [2.05, 4.69) is 17.4 Å². The highest BCUT2D eigenvalue weighted by atomic mass is 35.5. The predicted molar refractivity (Wildman–Crippen MR) is 71.6 cm³/mol. The second kappa shape index (κ2) is 4.63. The van der Waals surface area contributed by atoms with Crippen LogP contribution in [0.25, 0.3) is 10.9 Å². The summed E-state index contributed by atoms with van der Waals surface area (Å²) < 4.78 is 0. The third-order valence-electron chi connectivity index (χ3n) is 3.42. The number of hydrogen-bond donors (Lipinski definition) is 1. The van der Waals surface area contributed by atoms with Crippen LogP contribution in [0.5, 0.6) is 0 Å². The van der Waals surface area contributed by atoms with Crippen LogP contribution in [0, 0.1) is 0 Å². The molecule has 2 aromatic rings. The van der Waals surface area contributed by atoms with Crippen LogP contribution in [0.3, 0.4) is 0 Å². The Morgan fingerprint density at radius 1 is 1.24 bits per heavy atom. The summed E-state index contributed by atoms with van der Waals surface area (Å²) in [4.78, 5) is 4.74. The van der Waals surface area contributed by atoms with Crippen molar-refractivity contribution in [2.45, 2.75) is 18.8 Å². The van der Waals surface area contributed by atoms with Crippen LogP contribution < -0.4 is 5.32 Å². The summed E-state index contributed by atoms with van der Waals surface area (Å²) in [5.41, 5.74) is 2.19. The lowest BCUT2D eigenvalue weighted by Crippen LogP contribution is -2.28. The Bertz CT molecular complexity index is 533. The number of nitrogens with one attached hydrogen (secondary N) is 1. The second-order valence-corrected chi connectivity index (χ2v) is 4.99. The van der Waals surface area contributed by atoms with E-state index in [9.17, 15) is 0 Å². The number of pyridine rings is 1. The van der Waals surface area contributed by atoms with Gasteiger partial charge in [0.15, 0.2) is 0 Å². The van der Waals surface area contributed by atoms with Crippen molar-refractivity contribution in [1.29, 1.82) is 0 Å². The Morgan fingerprint density at radius 3 is 3.00 bits per heavy atom. The summed E-state index contributed by atoms with van der Waals surface area (Å²) in [6.07, 6.45) is 2.46. The molecule has 1 N–H and O–H groups in total. The number of fused-ring (bicyclic) bond motifs is 1. The van der Waals surface area contributed by atoms with Gasteiger partial charge in [0.1, 0.15) is 0 Å². The number of piperidine rings is 1. The molecule has 0 spiro atoms. The summed E-state index contributed by atoms with van der Waals surface area (Å²) in [6.45, 7) is 2.18. The molecule has 3 heteroatoms. The van der Waals surface area contributed by atoms with Gasteiger partial charge < -0.3 is 5.32 Å². The molecular formula is C14H15ClN2. The van der Waals surface area contributed by atoms with Crippen molar-refractivity contribution >= 4 is 22.5 Å². The molecule has 2 heterocycles. The van der Waals surface area contributed by atoms with E-state index in [0.717, 1.165) is 29.0 Å². The summed E-state index contributed by atoms with van der Waals surface area (Å²) in [6, 6.07) is 10.1. The molecule has 1 fully saturated rings. The number of nitrogens with zero attached hydrogens (tertiary/aromatic N) is 1. The fourth-order valence-electron chi connectivity index (χ4n) is 2.46. The summed E-state index contributed by atoms with van der Waals surface area (Å²) >= 11 is 6.14. The minimum Gasteiger partial charge on any atom is -0.316 e. The molecule has 3 rings (SSSR count). The minimum atomic E-state index is 0.548. The third-order valence-corrected chi connectivity index (χ3v) is 3.74. The molecule has 1 unspecified atom stereocenters. The van der Waals surface area contributed by atoms with Gasteiger partial charge in [-0.1, -0.05) is 17.7 Å². The van der Waals surface area contributed by atoms with Crippen molar-refractivity contribution in [2.75, 3.05) is 13.1 Å². The Morgan fingerprint density at radius 2 is 2.18 bits per heavy atom. The van der Waals surface area contributed by atoms with Crippen molar-refractivity contribution in [3.05, 3.63) is 41.0 Å². The molecule has 88 valence electrons. The van der Waals surface area contributed by atoms with Gasteiger partial charge in [0.25, 0.3) is 0 Å². The fraction of sp³-hybridized carbons (Fsp3) is 0.357.